The number of rotatable bonds is 5. The van der Waals surface area contributed by atoms with E-state index in [2.05, 4.69) is 99.8 Å². The highest BCUT2D eigenvalue weighted by Crippen LogP contribution is 2.58. The van der Waals surface area contributed by atoms with Gasteiger partial charge in [-0.1, -0.05) is 39.8 Å². The van der Waals surface area contributed by atoms with Gasteiger partial charge >= 0.3 is 0 Å². The molecule has 2 aliphatic rings. The number of anilines is 2. The van der Waals surface area contributed by atoms with E-state index in [0.717, 1.165) is 21.6 Å². The van der Waals surface area contributed by atoms with Crippen molar-refractivity contribution in [2.45, 2.75) is 38.5 Å². The maximum Gasteiger partial charge on any atom is 0.249 e. The number of para-hydroxylation sites is 2. The van der Waals surface area contributed by atoms with E-state index in [9.17, 15) is 4.79 Å². The highest BCUT2D eigenvalue weighted by Gasteiger charge is 2.40. The Balaban J connectivity index is 0.000000167. The smallest absolute Gasteiger partial charge is 0.249 e. The summed E-state index contributed by atoms with van der Waals surface area (Å²) >= 11 is 7.01. The van der Waals surface area contributed by atoms with E-state index in [0.29, 0.717) is 17.2 Å². The average Bonchev–Trinajstić information content (AvgIpc) is 3.87. The number of oxazole rings is 1. The first-order valence-electron chi connectivity index (χ1n) is 15.2. The molecule has 5 aromatic heterocycles. The van der Waals surface area contributed by atoms with Crippen LogP contribution in [0.3, 0.4) is 0 Å². The lowest BCUT2D eigenvalue weighted by atomic mass is 9.84. The van der Waals surface area contributed by atoms with Crippen LogP contribution in [0.5, 0.6) is 0 Å². The van der Waals surface area contributed by atoms with E-state index in [1.165, 1.54) is 51.8 Å². The first-order chi connectivity index (χ1) is 22.3. The maximum atomic E-state index is 11.0. The van der Waals surface area contributed by atoms with Crippen molar-refractivity contribution in [1.82, 2.24) is 4.98 Å². The lowest BCUT2D eigenvalue weighted by Crippen LogP contribution is -2.14. The predicted octanol–water partition coefficient (Wildman–Crippen LogP) is 10.7. The number of nitrogens with zero attached hydrogens (tertiary/aromatic N) is 4. The summed E-state index contributed by atoms with van der Waals surface area (Å²) in [6.45, 7) is 16.7. The van der Waals surface area contributed by atoms with Gasteiger partial charge in [-0.2, -0.15) is 0 Å². The van der Waals surface area contributed by atoms with Crippen LogP contribution in [0.4, 0.5) is 10.0 Å². The summed E-state index contributed by atoms with van der Waals surface area (Å²) in [7, 11) is 8.31. The fraction of sp³-hybridized carbons (Fsp3) is 0.270. The second-order valence-corrected chi connectivity index (χ2v) is 17.5. The molecule has 0 saturated carbocycles. The highest BCUT2D eigenvalue weighted by atomic mass is 32.1. The van der Waals surface area contributed by atoms with Crippen molar-refractivity contribution in [3.63, 3.8) is 0 Å². The van der Waals surface area contributed by atoms with Crippen molar-refractivity contribution in [2.24, 2.45) is 0 Å². The lowest BCUT2D eigenvalue weighted by Gasteiger charge is -2.19. The van der Waals surface area contributed by atoms with Crippen LogP contribution in [-0.4, -0.2) is 39.5 Å². The third-order valence-corrected chi connectivity index (χ3v) is 14.0. The van der Waals surface area contributed by atoms with Gasteiger partial charge in [0.05, 0.1) is 31.2 Å². The highest BCUT2D eigenvalue weighted by molar-refractivity contribution is 7.25. The van der Waals surface area contributed by atoms with Gasteiger partial charge < -0.3 is 14.2 Å². The van der Waals surface area contributed by atoms with Crippen molar-refractivity contribution in [3.05, 3.63) is 97.8 Å². The van der Waals surface area contributed by atoms with E-state index in [4.69, 9.17) is 11.0 Å². The second kappa shape index (κ2) is 11.3. The zero-order valence-electron chi connectivity index (χ0n) is 27.5. The van der Waals surface area contributed by atoms with Crippen LogP contribution in [0.15, 0.2) is 52.9 Å². The molecule has 6 nitrogen and oxygen atoms in total. The van der Waals surface area contributed by atoms with Crippen molar-refractivity contribution in [2.75, 3.05) is 38.0 Å². The molecule has 0 N–H and O–H groups in total. The molecule has 0 fully saturated rings. The molecule has 0 atom stereocenters. The molecule has 0 aliphatic heterocycles. The largest absolute Gasteiger partial charge is 0.447 e. The molecule has 5 heterocycles. The third-order valence-electron chi connectivity index (χ3n) is 8.96. The molecule has 0 spiro atoms. The second-order valence-electron chi connectivity index (χ2n) is 13.2. The molecule has 1 aromatic carbocycles. The minimum Gasteiger partial charge on any atom is -0.447 e. The van der Waals surface area contributed by atoms with E-state index >= 15 is 0 Å². The number of aromatic nitrogens is 1. The molecular weight excluding hydrogens is 661 g/mol. The molecule has 10 heteroatoms. The fourth-order valence-corrected chi connectivity index (χ4v) is 11.4. The van der Waals surface area contributed by atoms with Crippen LogP contribution in [0.2, 0.25) is 0 Å². The number of hydrogen-bond acceptors (Lipinski definition) is 9. The van der Waals surface area contributed by atoms with Crippen LogP contribution in [-0.2, 0) is 10.8 Å². The number of hydrogen-bond donors (Lipinski definition) is 0. The van der Waals surface area contributed by atoms with Crippen LogP contribution in [0.25, 0.3) is 47.2 Å². The van der Waals surface area contributed by atoms with Gasteiger partial charge in [-0.05, 0) is 64.7 Å². The number of carbonyl (C=O) groups is 1. The van der Waals surface area contributed by atoms with Gasteiger partial charge in [0.2, 0.25) is 11.6 Å². The van der Waals surface area contributed by atoms with Crippen LogP contribution in [0, 0.1) is 6.57 Å². The molecule has 6 aromatic rings. The van der Waals surface area contributed by atoms with E-state index in [-0.39, 0.29) is 10.8 Å². The summed E-state index contributed by atoms with van der Waals surface area (Å²) in [5.41, 5.74) is 7.32. The van der Waals surface area contributed by atoms with E-state index in [1.807, 2.05) is 53.0 Å². The number of carbonyl (C=O) groups excluding carboxylic acids is 1. The topological polar surface area (TPSA) is 53.9 Å². The standard InChI is InChI=1S/C23H19N3OS2.C14H15NOS2/c1-23(2)14-10-13(28-20(14)21-15(23)12-19(29-21)26(4)5)11-17(24-3)22-25-16-8-6-7-9-18(16)27-22;1-14(2)9-5-8(7-16)17-12(9)13-10(14)6-11(18-13)15(3)4/h6-12H,1-2,4-5H3;5-7H,1-4H3/b17-11-;. The van der Waals surface area contributed by atoms with Crippen molar-refractivity contribution < 1.29 is 9.21 Å². The summed E-state index contributed by atoms with van der Waals surface area (Å²) in [4.78, 5) is 30.6. The summed E-state index contributed by atoms with van der Waals surface area (Å²) < 4.78 is 5.81. The molecule has 0 bridgehead atoms. The fourth-order valence-electron chi connectivity index (χ4n) is 6.23. The first kappa shape index (κ1) is 31.6. The number of fused-ring (bicyclic) bond motifs is 7. The first-order valence-corrected chi connectivity index (χ1v) is 18.4. The normalized spacial score (nSPS) is 14.9. The summed E-state index contributed by atoms with van der Waals surface area (Å²) in [6, 6.07) is 16.5. The Morgan fingerprint density at radius 2 is 1.26 bits per heavy atom. The molecule has 238 valence electrons. The van der Waals surface area contributed by atoms with E-state index in [1.54, 1.807) is 22.7 Å². The molecule has 0 unspecified atom stereocenters. The summed E-state index contributed by atoms with van der Waals surface area (Å²) in [6.07, 6.45) is 2.86. The van der Waals surface area contributed by atoms with Gasteiger partial charge in [-0.15, -0.1) is 45.3 Å². The van der Waals surface area contributed by atoms with Crippen molar-refractivity contribution >= 4 is 84.5 Å². The van der Waals surface area contributed by atoms with Gasteiger partial charge in [0, 0.05) is 53.7 Å². The average molecular weight is 695 g/mol. The van der Waals surface area contributed by atoms with Gasteiger partial charge in [0.1, 0.15) is 5.52 Å². The number of aldehydes is 1. The zero-order valence-corrected chi connectivity index (χ0v) is 30.8. The quantitative estimate of drug-likeness (QED) is 0.133. The molecule has 8 rings (SSSR count). The third kappa shape index (κ3) is 5.08. The molecule has 47 heavy (non-hydrogen) atoms. The van der Waals surface area contributed by atoms with Gasteiger partial charge in [-0.25, -0.2) is 9.83 Å². The van der Waals surface area contributed by atoms with Gasteiger partial charge in [-0.3, -0.25) is 4.79 Å². The molecular formula is C37H34N4O2S4. The number of benzene rings is 1. The monoisotopic (exact) mass is 694 g/mol. The minimum atomic E-state index is -0.0338. The van der Waals surface area contributed by atoms with Crippen LogP contribution < -0.4 is 9.80 Å². The Morgan fingerprint density at radius 1 is 0.766 bits per heavy atom. The van der Waals surface area contributed by atoms with Crippen LogP contribution >= 0.6 is 45.3 Å². The molecule has 0 saturated heterocycles. The minimum absolute atomic E-state index is 0.0210. The van der Waals surface area contributed by atoms with Crippen molar-refractivity contribution in [1.29, 1.82) is 0 Å². The zero-order chi connectivity index (χ0) is 33.4. The maximum absolute atomic E-state index is 11.0. The Morgan fingerprint density at radius 3 is 1.77 bits per heavy atom. The SMILES string of the molecule is CN(C)c1cc2c(s1)-c1sc(C=O)cc1C2(C)C.[C-]#[N+]/C(=C\c1cc2c(s1)-c1sc(N(C)C)cc1C2(C)C)c1nc2ccccc2o1. The lowest BCUT2D eigenvalue weighted by molar-refractivity contribution is 0.112. The van der Waals surface area contributed by atoms with Crippen molar-refractivity contribution in [3.8, 4) is 19.5 Å². The molecule has 0 radical (unpaired) electrons. The Bertz CT molecular complexity index is 2230. The van der Waals surface area contributed by atoms with Gasteiger partial charge in [0.15, 0.2) is 11.9 Å². The summed E-state index contributed by atoms with van der Waals surface area (Å²) in [5.74, 6) is 0.376. The van der Waals surface area contributed by atoms with Gasteiger partial charge in [0.25, 0.3) is 0 Å². The van der Waals surface area contributed by atoms with E-state index < -0.39 is 0 Å². The van der Waals surface area contributed by atoms with Crippen LogP contribution in [0.1, 0.15) is 70.4 Å². The Labute approximate surface area is 291 Å². The predicted molar refractivity (Wildman–Crippen MR) is 202 cm³/mol. The molecule has 0 amide bonds. The molecule has 2 aliphatic carbocycles. The summed E-state index contributed by atoms with van der Waals surface area (Å²) in [5, 5.41) is 2.55. The number of thiophene rings is 4. The Kier molecular flexibility index (Phi) is 7.60. The Hall–Kier alpha value is -4.01.